The lowest BCUT2D eigenvalue weighted by atomic mass is 10.1. The van der Waals surface area contributed by atoms with Gasteiger partial charge in [-0.05, 0) is 23.8 Å². The summed E-state index contributed by atoms with van der Waals surface area (Å²) in [5, 5.41) is 14.8. The number of rotatable bonds is 3. The van der Waals surface area contributed by atoms with Crippen LogP contribution in [0.5, 0.6) is 0 Å². The fraction of sp³-hybridized carbons (Fsp3) is 0.167. The largest absolute Gasteiger partial charge is 0.476 e. The fourth-order valence-electron chi connectivity index (χ4n) is 1.59. The molecule has 2 N–H and O–H groups in total. The van der Waals surface area contributed by atoms with Crippen LogP contribution >= 0.6 is 0 Å². The average molecular weight is 270 g/mol. The van der Waals surface area contributed by atoms with Crippen LogP contribution < -0.4 is 0 Å². The van der Waals surface area contributed by atoms with E-state index in [1.807, 2.05) is 0 Å². The molecular formula is C12H9F3N2O2. The highest BCUT2D eigenvalue weighted by Gasteiger charge is 2.29. The molecule has 7 heteroatoms. The van der Waals surface area contributed by atoms with Gasteiger partial charge in [0.15, 0.2) is 5.69 Å². The monoisotopic (exact) mass is 270 g/mol. The predicted octanol–water partition coefficient (Wildman–Crippen LogP) is 2.72. The van der Waals surface area contributed by atoms with E-state index in [1.165, 1.54) is 18.2 Å². The van der Waals surface area contributed by atoms with Gasteiger partial charge in [-0.1, -0.05) is 12.1 Å². The van der Waals surface area contributed by atoms with Crippen molar-refractivity contribution < 1.29 is 23.1 Å². The van der Waals surface area contributed by atoms with E-state index in [0.29, 0.717) is 17.7 Å². The fourth-order valence-corrected chi connectivity index (χ4v) is 1.59. The number of hydrogen-bond acceptors (Lipinski definition) is 2. The van der Waals surface area contributed by atoms with Crippen molar-refractivity contribution in [3.63, 3.8) is 0 Å². The van der Waals surface area contributed by atoms with Crippen LogP contribution in [0, 0.1) is 0 Å². The highest BCUT2D eigenvalue weighted by Crippen LogP contribution is 2.29. The molecule has 0 saturated heterocycles. The van der Waals surface area contributed by atoms with Crippen LogP contribution in [-0.4, -0.2) is 21.3 Å². The Morgan fingerprint density at radius 3 is 2.37 bits per heavy atom. The summed E-state index contributed by atoms with van der Waals surface area (Å²) >= 11 is 0. The lowest BCUT2D eigenvalue weighted by Gasteiger charge is -2.06. The molecule has 0 amide bonds. The molecule has 0 atom stereocenters. The molecule has 2 rings (SSSR count). The van der Waals surface area contributed by atoms with Crippen LogP contribution in [-0.2, 0) is 12.6 Å². The van der Waals surface area contributed by atoms with E-state index in [1.54, 1.807) is 0 Å². The predicted molar refractivity (Wildman–Crippen MR) is 59.8 cm³/mol. The zero-order chi connectivity index (χ0) is 14.0. The molecular weight excluding hydrogens is 261 g/mol. The number of benzene rings is 1. The molecule has 4 nitrogen and oxygen atoms in total. The van der Waals surface area contributed by atoms with Gasteiger partial charge in [0.1, 0.15) is 0 Å². The Balaban J connectivity index is 2.13. The minimum Gasteiger partial charge on any atom is -0.476 e. The molecule has 100 valence electrons. The van der Waals surface area contributed by atoms with Crippen molar-refractivity contribution >= 4 is 5.97 Å². The first-order chi connectivity index (χ1) is 8.86. The van der Waals surface area contributed by atoms with Crippen LogP contribution in [0.15, 0.2) is 30.3 Å². The topological polar surface area (TPSA) is 66.0 Å². The maximum atomic E-state index is 12.4. The molecule has 0 radical (unpaired) electrons. The summed E-state index contributed by atoms with van der Waals surface area (Å²) < 4.78 is 37.1. The van der Waals surface area contributed by atoms with Crippen LogP contribution in [0.3, 0.4) is 0 Å². The molecule has 2 aromatic rings. The van der Waals surface area contributed by atoms with Gasteiger partial charge < -0.3 is 5.11 Å². The number of nitrogens with one attached hydrogen (secondary N) is 1. The Kier molecular flexibility index (Phi) is 3.28. The first-order valence-corrected chi connectivity index (χ1v) is 5.30. The zero-order valence-electron chi connectivity index (χ0n) is 9.53. The minimum atomic E-state index is -4.36. The molecule has 0 saturated carbocycles. The lowest BCUT2D eigenvalue weighted by Crippen LogP contribution is -2.04. The highest BCUT2D eigenvalue weighted by atomic mass is 19.4. The number of aromatic amines is 1. The number of hydrogen-bond donors (Lipinski definition) is 2. The summed E-state index contributed by atoms with van der Waals surface area (Å²) in [5.74, 6) is -1.16. The highest BCUT2D eigenvalue weighted by molar-refractivity contribution is 5.85. The van der Waals surface area contributed by atoms with Gasteiger partial charge in [-0.2, -0.15) is 18.3 Å². The Morgan fingerprint density at radius 2 is 1.89 bits per heavy atom. The van der Waals surface area contributed by atoms with E-state index in [-0.39, 0.29) is 5.69 Å². The number of H-pyrrole nitrogens is 1. The van der Waals surface area contributed by atoms with Crippen LogP contribution in [0.25, 0.3) is 0 Å². The van der Waals surface area contributed by atoms with Crippen molar-refractivity contribution in [2.45, 2.75) is 12.6 Å². The van der Waals surface area contributed by atoms with E-state index in [0.717, 1.165) is 12.1 Å². The molecule has 0 aliphatic carbocycles. The van der Waals surface area contributed by atoms with Gasteiger partial charge in [0.2, 0.25) is 0 Å². The molecule has 0 aliphatic heterocycles. The van der Waals surface area contributed by atoms with Gasteiger partial charge in [0, 0.05) is 12.1 Å². The van der Waals surface area contributed by atoms with E-state index >= 15 is 0 Å². The number of nitrogens with zero attached hydrogens (tertiary/aromatic N) is 1. The Hall–Kier alpha value is -2.31. The van der Waals surface area contributed by atoms with Crippen LogP contribution in [0.2, 0.25) is 0 Å². The zero-order valence-corrected chi connectivity index (χ0v) is 9.53. The number of aromatic nitrogens is 2. The third-order valence-electron chi connectivity index (χ3n) is 2.53. The second-order valence-corrected chi connectivity index (χ2v) is 3.96. The summed E-state index contributed by atoms with van der Waals surface area (Å²) in [6.45, 7) is 0. The molecule has 0 aliphatic rings. The van der Waals surface area contributed by atoms with E-state index < -0.39 is 17.7 Å². The van der Waals surface area contributed by atoms with Gasteiger partial charge >= 0.3 is 12.1 Å². The molecule has 19 heavy (non-hydrogen) atoms. The van der Waals surface area contributed by atoms with Gasteiger partial charge in [-0.25, -0.2) is 4.79 Å². The quantitative estimate of drug-likeness (QED) is 0.901. The Morgan fingerprint density at radius 1 is 1.26 bits per heavy atom. The van der Waals surface area contributed by atoms with Gasteiger partial charge in [-0.15, -0.1) is 0 Å². The molecule has 1 aromatic heterocycles. The smallest absolute Gasteiger partial charge is 0.416 e. The normalized spacial score (nSPS) is 11.5. The maximum Gasteiger partial charge on any atom is 0.416 e. The van der Waals surface area contributed by atoms with Gasteiger partial charge in [0.25, 0.3) is 0 Å². The minimum absolute atomic E-state index is 0.123. The third-order valence-corrected chi connectivity index (χ3v) is 2.53. The van der Waals surface area contributed by atoms with Gasteiger partial charge in [0.05, 0.1) is 5.56 Å². The molecule has 1 heterocycles. The molecule has 0 bridgehead atoms. The number of carbonyl (C=O) groups is 1. The van der Waals surface area contributed by atoms with Crippen molar-refractivity contribution in [3.8, 4) is 0 Å². The van der Waals surface area contributed by atoms with Crippen molar-refractivity contribution in [2.75, 3.05) is 0 Å². The average Bonchev–Trinajstić information content (AvgIpc) is 2.77. The van der Waals surface area contributed by atoms with E-state index in [2.05, 4.69) is 10.2 Å². The van der Waals surface area contributed by atoms with E-state index in [4.69, 9.17) is 5.11 Å². The van der Waals surface area contributed by atoms with Crippen molar-refractivity contribution in [2.24, 2.45) is 0 Å². The number of aromatic carboxylic acids is 1. The second kappa shape index (κ2) is 4.75. The number of alkyl halides is 3. The molecule has 1 aromatic carbocycles. The Bertz CT molecular complexity index is 588. The lowest BCUT2D eigenvalue weighted by molar-refractivity contribution is -0.137. The van der Waals surface area contributed by atoms with Crippen LogP contribution in [0.1, 0.15) is 27.3 Å². The summed E-state index contributed by atoms with van der Waals surface area (Å²) in [4.78, 5) is 10.6. The first kappa shape index (κ1) is 13.1. The second-order valence-electron chi connectivity index (χ2n) is 3.96. The summed E-state index contributed by atoms with van der Waals surface area (Å²) in [7, 11) is 0. The summed E-state index contributed by atoms with van der Waals surface area (Å²) in [6, 6.07) is 6.03. The van der Waals surface area contributed by atoms with Crippen molar-refractivity contribution in [1.29, 1.82) is 0 Å². The number of carboxylic acid groups (broad SMARTS) is 1. The molecule has 0 spiro atoms. The van der Waals surface area contributed by atoms with Crippen molar-refractivity contribution in [3.05, 3.63) is 52.8 Å². The molecule has 0 unspecified atom stereocenters. The van der Waals surface area contributed by atoms with Gasteiger partial charge in [-0.3, -0.25) is 5.10 Å². The first-order valence-electron chi connectivity index (χ1n) is 5.30. The number of halogens is 3. The molecule has 0 fully saturated rings. The summed E-state index contributed by atoms with van der Waals surface area (Å²) in [5.41, 5.74) is 0.319. The summed E-state index contributed by atoms with van der Waals surface area (Å²) in [6.07, 6.45) is -4.07. The number of carboxylic acids is 1. The maximum absolute atomic E-state index is 12.4. The Labute approximate surface area is 105 Å². The van der Waals surface area contributed by atoms with Crippen LogP contribution in [0.4, 0.5) is 13.2 Å². The third kappa shape index (κ3) is 3.12. The standard InChI is InChI=1S/C12H9F3N2O2/c13-12(14,15)8-3-1-7(2-4-8)5-9-6-10(11(18)19)17-16-9/h1-4,6H,5H2,(H,16,17)(H,18,19). The van der Waals surface area contributed by atoms with E-state index in [9.17, 15) is 18.0 Å². The van der Waals surface area contributed by atoms with Crippen molar-refractivity contribution in [1.82, 2.24) is 10.2 Å². The SMILES string of the molecule is O=C(O)c1cc(Cc2ccc(C(F)(F)F)cc2)[nH]n1.